The summed E-state index contributed by atoms with van der Waals surface area (Å²) in [7, 11) is 0. The van der Waals surface area contributed by atoms with Gasteiger partial charge >= 0.3 is 0 Å². The molecule has 0 bridgehead atoms. The Balaban J connectivity index is 1.87. The van der Waals surface area contributed by atoms with E-state index in [4.69, 9.17) is 4.99 Å². The summed E-state index contributed by atoms with van der Waals surface area (Å²) in [6.07, 6.45) is 0. The molecule has 0 aliphatic rings. The van der Waals surface area contributed by atoms with Gasteiger partial charge < -0.3 is 0 Å². The van der Waals surface area contributed by atoms with Crippen LogP contribution in [0.5, 0.6) is 0 Å². The van der Waals surface area contributed by atoms with E-state index in [1.54, 1.807) is 23.5 Å². The first-order valence-corrected chi connectivity index (χ1v) is 10.2. The average Bonchev–Trinajstić information content (AvgIpc) is 2.69. The van der Waals surface area contributed by atoms with Crippen LogP contribution in [0.2, 0.25) is 0 Å². The van der Waals surface area contributed by atoms with E-state index in [0.29, 0.717) is 0 Å². The molecule has 0 heterocycles. The van der Waals surface area contributed by atoms with Crippen LogP contribution in [0.25, 0.3) is 0 Å². The maximum absolute atomic E-state index is 4.91. The van der Waals surface area contributed by atoms with E-state index in [2.05, 4.69) is 92.1 Å². The largest absolute Gasteiger partial charge is 0.241 e. The molecular weight excluding hydrogens is 354 g/mol. The minimum atomic E-state index is 0.978. The number of benzene rings is 3. The monoisotopic (exact) mass is 375 g/mol. The summed E-state index contributed by atoms with van der Waals surface area (Å²) in [4.78, 5) is 7.32. The van der Waals surface area contributed by atoms with Crippen LogP contribution in [0, 0.1) is 6.92 Å². The van der Waals surface area contributed by atoms with Crippen molar-refractivity contribution in [2.24, 2.45) is 4.99 Å². The molecule has 0 N–H and O–H groups in total. The van der Waals surface area contributed by atoms with Crippen LogP contribution in [-0.4, -0.2) is 5.04 Å². The molecule has 0 fully saturated rings. The zero-order chi connectivity index (χ0) is 18.2. The maximum Gasteiger partial charge on any atom is 0.105 e. The molecule has 0 amide bonds. The molecule has 0 atom stereocenters. The Morgan fingerprint density at radius 1 is 0.769 bits per heavy atom. The topological polar surface area (TPSA) is 12.4 Å². The Labute approximate surface area is 164 Å². The van der Waals surface area contributed by atoms with Crippen LogP contribution >= 0.6 is 23.5 Å². The summed E-state index contributed by atoms with van der Waals surface area (Å²) in [6.45, 7) is 4.22. The molecule has 0 aliphatic heterocycles. The van der Waals surface area contributed by atoms with Gasteiger partial charge in [0.15, 0.2) is 0 Å². The van der Waals surface area contributed by atoms with Gasteiger partial charge in [0.1, 0.15) is 5.04 Å². The Kier molecular flexibility index (Phi) is 6.75. The zero-order valence-corrected chi connectivity index (χ0v) is 16.6. The van der Waals surface area contributed by atoms with Gasteiger partial charge in [0, 0.05) is 9.79 Å². The molecule has 0 aromatic heterocycles. The lowest BCUT2D eigenvalue weighted by Crippen LogP contribution is -1.94. The number of aliphatic imine (C=N–C) groups is 1. The Hall–Kier alpha value is -2.23. The molecule has 1 nitrogen and oxygen atoms in total. The number of rotatable bonds is 5. The van der Waals surface area contributed by atoms with E-state index in [1.165, 1.54) is 15.4 Å². The zero-order valence-electron chi connectivity index (χ0n) is 14.9. The highest BCUT2D eigenvalue weighted by Crippen LogP contribution is 2.29. The third kappa shape index (κ3) is 5.65. The van der Waals surface area contributed by atoms with Crippen molar-refractivity contribution in [3.63, 3.8) is 0 Å². The number of nitrogens with zero attached hydrogens (tertiary/aromatic N) is 1. The molecule has 0 spiro atoms. The molecule has 0 saturated heterocycles. The van der Waals surface area contributed by atoms with Crippen LogP contribution in [0.15, 0.2) is 111 Å². The standard InChI is InChI=1S/C23H21NS2/c1-18-13-15-20(16-14-18)24-23(26-22-11-7-4-8-12-22)19(2)17-25-21-9-5-3-6-10-21/h3-17H,1-2H3. The fraction of sp³-hybridized carbons (Fsp3) is 0.0870. The van der Waals surface area contributed by atoms with Crippen molar-refractivity contribution < 1.29 is 0 Å². The number of hydrogen-bond donors (Lipinski definition) is 0. The van der Waals surface area contributed by atoms with Gasteiger partial charge in [-0.1, -0.05) is 77.6 Å². The third-order valence-electron chi connectivity index (χ3n) is 3.67. The van der Waals surface area contributed by atoms with Crippen molar-refractivity contribution in [1.29, 1.82) is 0 Å². The summed E-state index contributed by atoms with van der Waals surface area (Å²) in [6, 6.07) is 29.1. The van der Waals surface area contributed by atoms with Crippen molar-refractivity contribution in [3.05, 3.63) is 101 Å². The van der Waals surface area contributed by atoms with Gasteiger partial charge in [0.05, 0.1) is 5.69 Å². The predicted molar refractivity (Wildman–Crippen MR) is 117 cm³/mol. The SMILES string of the molecule is CC(=CSc1ccccc1)C(=Nc1ccc(C)cc1)Sc1ccccc1. The predicted octanol–water partition coefficient (Wildman–Crippen LogP) is 7.51. The number of aryl methyl sites for hydroxylation is 1. The fourth-order valence-corrected chi connectivity index (χ4v) is 3.93. The third-order valence-corrected chi connectivity index (χ3v) is 5.80. The first-order chi connectivity index (χ1) is 12.7. The van der Waals surface area contributed by atoms with Crippen LogP contribution in [0.1, 0.15) is 12.5 Å². The summed E-state index contributed by atoms with van der Waals surface area (Å²) in [5, 5.41) is 3.20. The quantitative estimate of drug-likeness (QED) is 0.260. The van der Waals surface area contributed by atoms with Gasteiger partial charge in [-0.3, -0.25) is 0 Å². The molecule has 3 heteroatoms. The van der Waals surface area contributed by atoms with Gasteiger partial charge in [-0.2, -0.15) is 0 Å². The summed E-state index contributed by atoms with van der Waals surface area (Å²) in [5.74, 6) is 0. The second-order valence-corrected chi connectivity index (χ2v) is 7.90. The van der Waals surface area contributed by atoms with Gasteiger partial charge in [-0.15, -0.1) is 0 Å². The van der Waals surface area contributed by atoms with Crippen molar-refractivity contribution in [2.45, 2.75) is 23.6 Å². The Bertz CT molecular complexity index is 883. The van der Waals surface area contributed by atoms with E-state index in [0.717, 1.165) is 16.3 Å². The van der Waals surface area contributed by atoms with Crippen LogP contribution in [0.4, 0.5) is 5.69 Å². The van der Waals surface area contributed by atoms with Crippen LogP contribution in [0.3, 0.4) is 0 Å². The van der Waals surface area contributed by atoms with Crippen molar-refractivity contribution in [1.82, 2.24) is 0 Å². The molecule has 0 aliphatic carbocycles. The van der Waals surface area contributed by atoms with E-state index in [-0.39, 0.29) is 0 Å². The molecule has 130 valence electrons. The molecule has 0 saturated carbocycles. The van der Waals surface area contributed by atoms with Gasteiger partial charge in [-0.25, -0.2) is 4.99 Å². The minimum absolute atomic E-state index is 0.978. The van der Waals surface area contributed by atoms with Crippen molar-refractivity contribution >= 4 is 34.3 Å². The van der Waals surface area contributed by atoms with Gasteiger partial charge in [0.25, 0.3) is 0 Å². The Morgan fingerprint density at radius 3 is 1.96 bits per heavy atom. The van der Waals surface area contributed by atoms with Crippen molar-refractivity contribution in [3.8, 4) is 0 Å². The molecule has 3 rings (SSSR count). The van der Waals surface area contributed by atoms with E-state index in [1.807, 2.05) is 12.1 Å². The van der Waals surface area contributed by atoms with E-state index < -0.39 is 0 Å². The number of hydrogen-bond acceptors (Lipinski definition) is 3. The lowest BCUT2D eigenvalue weighted by molar-refractivity contribution is 1.43. The van der Waals surface area contributed by atoms with Gasteiger partial charge in [-0.05, 0) is 61.2 Å². The number of thioether (sulfide) groups is 2. The van der Waals surface area contributed by atoms with E-state index in [9.17, 15) is 0 Å². The summed E-state index contributed by atoms with van der Waals surface area (Å²) < 4.78 is 0. The highest BCUT2D eigenvalue weighted by atomic mass is 32.2. The molecule has 0 radical (unpaired) electrons. The summed E-state index contributed by atoms with van der Waals surface area (Å²) in [5.41, 5.74) is 3.38. The van der Waals surface area contributed by atoms with Crippen LogP contribution < -0.4 is 0 Å². The highest BCUT2D eigenvalue weighted by Gasteiger charge is 2.06. The van der Waals surface area contributed by atoms with E-state index >= 15 is 0 Å². The minimum Gasteiger partial charge on any atom is -0.241 e. The van der Waals surface area contributed by atoms with Gasteiger partial charge in [0.2, 0.25) is 0 Å². The van der Waals surface area contributed by atoms with Crippen LogP contribution in [-0.2, 0) is 0 Å². The average molecular weight is 376 g/mol. The molecule has 26 heavy (non-hydrogen) atoms. The highest BCUT2D eigenvalue weighted by molar-refractivity contribution is 8.14. The lowest BCUT2D eigenvalue weighted by Gasteiger charge is -2.08. The van der Waals surface area contributed by atoms with Crippen molar-refractivity contribution in [2.75, 3.05) is 0 Å². The first kappa shape index (κ1) is 18.6. The smallest absolute Gasteiger partial charge is 0.105 e. The lowest BCUT2D eigenvalue weighted by atomic mass is 10.2. The maximum atomic E-state index is 4.91. The molecule has 3 aromatic carbocycles. The molecule has 0 unspecified atom stereocenters. The fourth-order valence-electron chi connectivity index (χ4n) is 2.23. The molecular formula is C23H21NS2. The summed E-state index contributed by atoms with van der Waals surface area (Å²) >= 11 is 3.42. The first-order valence-electron chi connectivity index (χ1n) is 8.48. The molecule has 3 aromatic rings. The normalized spacial score (nSPS) is 12.2. The Morgan fingerprint density at radius 2 is 1.35 bits per heavy atom. The second-order valence-electron chi connectivity index (χ2n) is 5.90. The second kappa shape index (κ2) is 9.46.